The predicted octanol–water partition coefficient (Wildman–Crippen LogP) is 1.49. The van der Waals surface area contributed by atoms with Crippen molar-refractivity contribution in [3.63, 3.8) is 0 Å². The maximum atomic E-state index is 11.3. The van der Waals surface area contributed by atoms with Crippen LogP contribution in [0.2, 0.25) is 0 Å². The number of hydrogen-bond donors (Lipinski definition) is 3. The first-order chi connectivity index (χ1) is 8.49. The van der Waals surface area contributed by atoms with Crippen molar-refractivity contribution in [2.24, 2.45) is 0 Å². The van der Waals surface area contributed by atoms with Crippen molar-refractivity contribution in [2.75, 3.05) is 6.54 Å². The maximum absolute atomic E-state index is 11.3. The molecule has 0 spiro atoms. The van der Waals surface area contributed by atoms with Gasteiger partial charge in [-0.15, -0.1) is 0 Å². The summed E-state index contributed by atoms with van der Waals surface area (Å²) in [7, 11) is 0. The van der Waals surface area contributed by atoms with E-state index in [1.54, 1.807) is 6.07 Å². The van der Waals surface area contributed by atoms with Crippen molar-refractivity contribution >= 4 is 27.9 Å². The van der Waals surface area contributed by atoms with Gasteiger partial charge in [-0.1, -0.05) is 28.6 Å². The monoisotopic (exact) mass is 313 g/mol. The van der Waals surface area contributed by atoms with Crippen LogP contribution in [0.15, 0.2) is 29.4 Å². The van der Waals surface area contributed by atoms with Crippen molar-refractivity contribution in [1.29, 1.82) is 0 Å². The van der Waals surface area contributed by atoms with Crippen molar-refractivity contribution in [2.45, 2.75) is 6.54 Å². The first kappa shape index (κ1) is 14.2. The number of carboxylic acids is 1. The van der Waals surface area contributed by atoms with E-state index in [2.05, 4.69) is 38.1 Å². The Labute approximate surface area is 112 Å². The van der Waals surface area contributed by atoms with Gasteiger partial charge in [-0.25, -0.2) is 14.6 Å². The Morgan fingerprint density at radius 2 is 2.11 bits per heavy atom. The third-order valence-corrected chi connectivity index (χ3v) is 2.22. The first-order valence-electron chi connectivity index (χ1n) is 5.02. The first-order valence-corrected chi connectivity index (χ1v) is 5.81. The van der Waals surface area contributed by atoms with Gasteiger partial charge in [-0.3, -0.25) is 0 Å². The van der Waals surface area contributed by atoms with Gasteiger partial charge in [0.15, 0.2) is 0 Å². The lowest BCUT2D eigenvalue weighted by Crippen LogP contribution is -2.35. The summed E-state index contributed by atoms with van der Waals surface area (Å²) in [5.41, 5.74) is 0.687. The van der Waals surface area contributed by atoms with Crippen LogP contribution in [-0.2, 0) is 6.54 Å². The summed E-state index contributed by atoms with van der Waals surface area (Å²) in [5, 5.41) is 13.8. The molecule has 0 radical (unpaired) electrons. The van der Waals surface area contributed by atoms with Gasteiger partial charge in [-0.2, -0.15) is 0 Å². The molecule has 0 fully saturated rings. The van der Waals surface area contributed by atoms with Gasteiger partial charge < -0.3 is 15.7 Å². The van der Waals surface area contributed by atoms with Crippen LogP contribution in [0.5, 0.6) is 0 Å². The van der Waals surface area contributed by atoms with Gasteiger partial charge in [0.2, 0.25) is 0 Å². The van der Waals surface area contributed by atoms with Crippen LogP contribution in [-0.4, -0.2) is 28.6 Å². The number of rotatable bonds is 5. The Morgan fingerprint density at radius 1 is 1.39 bits per heavy atom. The minimum atomic E-state index is -1.08. The fourth-order valence-electron chi connectivity index (χ4n) is 1.08. The number of hydrogen-bond acceptors (Lipinski definition) is 3. The Morgan fingerprint density at radius 3 is 2.61 bits per heavy atom. The van der Waals surface area contributed by atoms with Crippen LogP contribution in [0.1, 0.15) is 16.1 Å². The zero-order chi connectivity index (χ0) is 13.5. The summed E-state index contributed by atoms with van der Waals surface area (Å²) in [4.78, 5) is 25.6. The summed E-state index contributed by atoms with van der Waals surface area (Å²) in [6.07, 6.45) is 1.41. The minimum Gasteiger partial charge on any atom is -0.477 e. The van der Waals surface area contributed by atoms with Gasteiger partial charge in [0, 0.05) is 17.2 Å². The van der Waals surface area contributed by atoms with Gasteiger partial charge >= 0.3 is 12.0 Å². The third-order valence-electron chi connectivity index (χ3n) is 1.94. The van der Waals surface area contributed by atoms with Crippen LogP contribution in [0.3, 0.4) is 0 Å². The van der Waals surface area contributed by atoms with E-state index < -0.39 is 5.97 Å². The van der Waals surface area contributed by atoms with Gasteiger partial charge in [0.25, 0.3) is 0 Å². The molecule has 0 atom stereocenters. The molecular formula is C11H12BrN3O3. The highest BCUT2D eigenvalue weighted by Crippen LogP contribution is 2.00. The SMILES string of the molecule is C=C(Br)CNC(=O)NCc1ccc(C(=O)O)nc1. The van der Waals surface area contributed by atoms with E-state index in [1.165, 1.54) is 12.3 Å². The average molecular weight is 314 g/mol. The molecule has 6 nitrogen and oxygen atoms in total. The van der Waals surface area contributed by atoms with E-state index in [0.717, 1.165) is 0 Å². The van der Waals surface area contributed by atoms with E-state index >= 15 is 0 Å². The van der Waals surface area contributed by atoms with Gasteiger partial charge in [0.1, 0.15) is 5.69 Å². The molecule has 0 aliphatic heterocycles. The van der Waals surface area contributed by atoms with Crippen molar-refractivity contribution in [3.05, 3.63) is 40.6 Å². The lowest BCUT2D eigenvalue weighted by atomic mass is 10.2. The zero-order valence-corrected chi connectivity index (χ0v) is 11.0. The molecule has 0 saturated heterocycles. The highest BCUT2D eigenvalue weighted by molar-refractivity contribution is 9.11. The maximum Gasteiger partial charge on any atom is 0.354 e. The van der Waals surface area contributed by atoms with Crippen LogP contribution in [0, 0.1) is 0 Å². The summed E-state index contributed by atoms with van der Waals surface area (Å²) < 4.78 is 0.671. The van der Waals surface area contributed by atoms with Crippen molar-refractivity contribution in [1.82, 2.24) is 15.6 Å². The molecule has 0 saturated carbocycles. The highest BCUT2D eigenvalue weighted by atomic mass is 79.9. The van der Waals surface area contributed by atoms with Gasteiger partial charge in [0.05, 0.1) is 6.54 Å². The number of urea groups is 1. The normalized spacial score (nSPS) is 9.61. The third kappa shape index (κ3) is 4.96. The molecule has 0 aliphatic carbocycles. The average Bonchev–Trinajstić information content (AvgIpc) is 2.34. The van der Waals surface area contributed by atoms with Crippen LogP contribution >= 0.6 is 15.9 Å². The minimum absolute atomic E-state index is 0.0289. The fraction of sp³-hybridized carbons (Fsp3) is 0.182. The molecule has 0 aliphatic rings. The highest BCUT2D eigenvalue weighted by Gasteiger charge is 2.04. The number of amides is 2. The zero-order valence-electron chi connectivity index (χ0n) is 9.44. The Bertz CT molecular complexity index is 459. The molecule has 1 aromatic heterocycles. The van der Waals surface area contributed by atoms with Crippen molar-refractivity contribution < 1.29 is 14.7 Å². The number of aromatic nitrogens is 1. The van der Waals surface area contributed by atoms with E-state index in [0.29, 0.717) is 16.6 Å². The van der Waals surface area contributed by atoms with Gasteiger partial charge in [-0.05, 0) is 11.6 Å². The quantitative estimate of drug-likeness (QED) is 0.768. The Hall–Kier alpha value is -1.89. The molecule has 3 N–H and O–H groups in total. The fourth-order valence-corrected chi connectivity index (χ4v) is 1.22. The van der Waals surface area contributed by atoms with E-state index in [9.17, 15) is 9.59 Å². The van der Waals surface area contributed by atoms with Crippen molar-refractivity contribution in [3.8, 4) is 0 Å². The Kier molecular flexibility index (Phi) is 5.31. The van der Waals surface area contributed by atoms with E-state index in [1.807, 2.05) is 0 Å². The molecule has 0 aromatic carbocycles. The van der Waals surface area contributed by atoms with Crippen LogP contribution in [0.4, 0.5) is 4.79 Å². The second kappa shape index (κ2) is 6.75. The summed E-state index contributed by atoms with van der Waals surface area (Å²) >= 11 is 3.12. The topological polar surface area (TPSA) is 91.3 Å². The second-order valence-corrected chi connectivity index (χ2v) is 4.53. The summed E-state index contributed by atoms with van der Waals surface area (Å²) in [6, 6.07) is 2.65. The molecule has 96 valence electrons. The van der Waals surface area contributed by atoms with Crippen LogP contribution < -0.4 is 10.6 Å². The lowest BCUT2D eigenvalue weighted by molar-refractivity contribution is 0.0690. The second-order valence-electron chi connectivity index (χ2n) is 3.41. The molecule has 18 heavy (non-hydrogen) atoms. The summed E-state index contributed by atoms with van der Waals surface area (Å²) in [6.45, 7) is 4.19. The van der Waals surface area contributed by atoms with E-state index in [4.69, 9.17) is 5.11 Å². The number of nitrogens with one attached hydrogen (secondary N) is 2. The molecule has 7 heteroatoms. The molecule has 1 aromatic rings. The molecule has 0 bridgehead atoms. The molecule has 1 rings (SSSR count). The summed E-state index contributed by atoms with van der Waals surface area (Å²) in [5.74, 6) is -1.08. The predicted molar refractivity (Wildman–Crippen MR) is 69.5 cm³/mol. The Balaban J connectivity index is 2.41. The lowest BCUT2D eigenvalue weighted by Gasteiger charge is -2.06. The molecule has 2 amide bonds. The number of carboxylic acid groups (broad SMARTS) is 1. The standard InChI is InChI=1S/C11H12BrN3O3/c1-7(12)4-14-11(18)15-6-8-2-3-9(10(16)17)13-5-8/h2-3,5H,1,4,6H2,(H,16,17)(H2,14,15,18). The van der Waals surface area contributed by atoms with E-state index in [-0.39, 0.29) is 18.3 Å². The van der Waals surface area contributed by atoms with Crippen LogP contribution in [0.25, 0.3) is 0 Å². The molecule has 1 heterocycles. The number of pyridine rings is 1. The number of carbonyl (C=O) groups is 2. The number of carbonyl (C=O) groups excluding carboxylic acids is 1. The number of halogens is 1. The molecule has 0 unspecified atom stereocenters. The largest absolute Gasteiger partial charge is 0.477 e. The smallest absolute Gasteiger partial charge is 0.354 e. The number of nitrogens with zero attached hydrogens (tertiary/aromatic N) is 1. The number of aromatic carboxylic acids is 1. The molecular weight excluding hydrogens is 302 g/mol.